The van der Waals surface area contributed by atoms with Crippen LogP contribution in [0.3, 0.4) is 0 Å². The number of hydrogen-bond acceptors (Lipinski definition) is 7. The fourth-order valence-electron chi connectivity index (χ4n) is 2.83. The minimum atomic E-state index is -0.869. The molecule has 1 aliphatic rings. The summed E-state index contributed by atoms with van der Waals surface area (Å²) in [5, 5.41) is 0. The molecule has 1 aliphatic heterocycles. The van der Waals surface area contributed by atoms with E-state index in [1.165, 1.54) is 21.3 Å². The summed E-state index contributed by atoms with van der Waals surface area (Å²) >= 11 is 0. The summed E-state index contributed by atoms with van der Waals surface area (Å²) in [5.41, 5.74) is 5.34. The number of ether oxygens (including phenoxy) is 5. The monoisotopic (exact) mass is 402 g/mol. The van der Waals surface area contributed by atoms with Crippen LogP contribution in [0.1, 0.15) is 5.56 Å². The van der Waals surface area contributed by atoms with E-state index in [2.05, 4.69) is 10.9 Å². The normalized spacial score (nSPS) is 14.5. The van der Waals surface area contributed by atoms with E-state index in [1.807, 2.05) is 6.07 Å². The molecule has 0 saturated heterocycles. The number of hydrazine groups is 1. The van der Waals surface area contributed by atoms with Gasteiger partial charge in [0, 0.05) is 0 Å². The standard InChI is InChI=1S/C20H22N2O7/c1-25-15-8-12(9-16(26-2)19(15)27-3)10-18(23)21-22-20(24)17-11-28-13-6-4-5-7-14(13)29-17/h4-9,17H,10-11H2,1-3H3,(H,21,23)(H,22,24)/t17-/m0/s1. The Morgan fingerprint density at radius 3 is 2.28 bits per heavy atom. The number of fused-ring (bicyclic) bond motifs is 1. The Bertz CT molecular complexity index is 875. The molecule has 9 nitrogen and oxygen atoms in total. The lowest BCUT2D eigenvalue weighted by Crippen LogP contribution is -2.51. The van der Waals surface area contributed by atoms with Gasteiger partial charge in [-0.05, 0) is 29.8 Å². The fraction of sp³-hybridized carbons (Fsp3) is 0.300. The van der Waals surface area contributed by atoms with Crippen molar-refractivity contribution in [2.24, 2.45) is 0 Å². The molecule has 2 aromatic carbocycles. The molecular formula is C20H22N2O7. The highest BCUT2D eigenvalue weighted by molar-refractivity contribution is 5.86. The third-order valence-electron chi connectivity index (χ3n) is 4.22. The summed E-state index contributed by atoms with van der Waals surface area (Å²) in [6.45, 7) is 0.0472. The van der Waals surface area contributed by atoms with Gasteiger partial charge in [0.15, 0.2) is 23.0 Å². The Kier molecular flexibility index (Phi) is 6.28. The van der Waals surface area contributed by atoms with Crippen molar-refractivity contribution in [1.82, 2.24) is 10.9 Å². The van der Waals surface area contributed by atoms with Crippen molar-refractivity contribution >= 4 is 11.8 Å². The van der Waals surface area contributed by atoms with E-state index in [9.17, 15) is 9.59 Å². The Labute approximate surface area is 167 Å². The summed E-state index contributed by atoms with van der Waals surface area (Å²) in [4.78, 5) is 24.5. The van der Waals surface area contributed by atoms with Gasteiger partial charge in [0.25, 0.3) is 5.91 Å². The van der Waals surface area contributed by atoms with Crippen molar-refractivity contribution in [2.45, 2.75) is 12.5 Å². The van der Waals surface area contributed by atoms with Crippen LogP contribution in [0.5, 0.6) is 28.7 Å². The second-order valence-electron chi connectivity index (χ2n) is 6.11. The predicted molar refractivity (Wildman–Crippen MR) is 102 cm³/mol. The zero-order chi connectivity index (χ0) is 20.8. The second kappa shape index (κ2) is 9.05. The quantitative estimate of drug-likeness (QED) is 0.701. The molecule has 1 heterocycles. The van der Waals surface area contributed by atoms with Crippen molar-refractivity contribution in [2.75, 3.05) is 27.9 Å². The average Bonchev–Trinajstić information content (AvgIpc) is 2.76. The molecular weight excluding hydrogens is 380 g/mol. The minimum Gasteiger partial charge on any atom is -0.493 e. The van der Waals surface area contributed by atoms with Gasteiger partial charge in [0.05, 0.1) is 27.8 Å². The van der Waals surface area contributed by atoms with Gasteiger partial charge in [-0.3, -0.25) is 20.4 Å². The molecule has 0 spiro atoms. The second-order valence-corrected chi connectivity index (χ2v) is 6.11. The number of methoxy groups -OCH3 is 3. The summed E-state index contributed by atoms with van der Waals surface area (Å²) in [6, 6.07) is 10.4. The van der Waals surface area contributed by atoms with Crippen molar-refractivity contribution in [3.05, 3.63) is 42.0 Å². The molecule has 154 valence electrons. The molecule has 1 atom stereocenters. The maximum absolute atomic E-state index is 12.3. The van der Waals surface area contributed by atoms with Crippen LogP contribution in [0.4, 0.5) is 0 Å². The van der Waals surface area contributed by atoms with E-state index in [1.54, 1.807) is 30.3 Å². The first-order valence-corrected chi connectivity index (χ1v) is 8.81. The molecule has 0 bridgehead atoms. The third-order valence-corrected chi connectivity index (χ3v) is 4.22. The number of hydrogen-bond donors (Lipinski definition) is 2. The van der Waals surface area contributed by atoms with E-state index >= 15 is 0 Å². The smallest absolute Gasteiger partial charge is 0.283 e. The molecule has 0 radical (unpaired) electrons. The lowest BCUT2D eigenvalue weighted by Gasteiger charge is -2.25. The number of para-hydroxylation sites is 2. The van der Waals surface area contributed by atoms with Gasteiger partial charge < -0.3 is 23.7 Å². The number of rotatable bonds is 6. The largest absolute Gasteiger partial charge is 0.493 e. The van der Waals surface area contributed by atoms with Crippen molar-refractivity contribution in [3.63, 3.8) is 0 Å². The Balaban J connectivity index is 1.57. The highest BCUT2D eigenvalue weighted by Gasteiger charge is 2.27. The van der Waals surface area contributed by atoms with E-state index in [4.69, 9.17) is 23.7 Å². The highest BCUT2D eigenvalue weighted by atomic mass is 16.6. The van der Waals surface area contributed by atoms with Crippen LogP contribution in [-0.4, -0.2) is 45.9 Å². The number of carbonyl (C=O) groups is 2. The van der Waals surface area contributed by atoms with Gasteiger partial charge in [-0.1, -0.05) is 12.1 Å². The average molecular weight is 402 g/mol. The lowest BCUT2D eigenvalue weighted by atomic mass is 10.1. The molecule has 0 saturated carbocycles. The highest BCUT2D eigenvalue weighted by Crippen LogP contribution is 2.38. The van der Waals surface area contributed by atoms with Gasteiger partial charge in [0.2, 0.25) is 17.8 Å². The minimum absolute atomic E-state index is 0.0121. The first kappa shape index (κ1) is 20.1. The molecule has 0 unspecified atom stereocenters. The SMILES string of the molecule is COc1cc(CC(=O)NNC(=O)[C@@H]2COc3ccccc3O2)cc(OC)c1OC. The van der Waals surface area contributed by atoms with Crippen LogP contribution < -0.4 is 34.5 Å². The molecule has 0 aliphatic carbocycles. The van der Waals surface area contributed by atoms with Gasteiger partial charge in [0.1, 0.15) is 6.61 Å². The summed E-state index contributed by atoms with van der Waals surface area (Å²) in [6.07, 6.45) is -0.881. The van der Waals surface area contributed by atoms with E-state index in [0.29, 0.717) is 34.3 Å². The van der Waals surface area contributed by atoms with Crippen LogP contribution in [0.25, 0.3) is 0 Å². The number of nitrogens with one attached hydrogen (secondary N) is 2. The molecule has 2 amide bonds. The van der Waals surface area contributed by atoms with Gasteiger partial charge in [-0.2, -0.15) is 0 Å². The Morgan fingerprint density at radius 1 is 1.00 bits per heavy atom. The molecule has 29 heavy (non-hydrogen) atoms. The summed E-state index contributed by atoms with van der Waals surface area (Å²) < 4.78 is 26.9. The van der Waals surface area contributed by atoms with E-state index in [-0.39, 0.29) is 13.0 Å². The molecule has 0 fully saturated rings. The Morgan fingerprint density at radius 2 is 1.66 bits per heavy atom. The number of amides is 2. The molecule has 0 aromatic heterocycles. The van der Waals surface area contributed by atoms with Gasteiger partial charge in [-0.15, -0.1) is 0 Å². The van der Waals surface area contributed by atoms with Crippen LogP contribution in [-0.2, 0) is 16.0 Å². The van der Waals surface area contributed by atoms with Crippen LogP contribution in [0.2, 0.25) is 0 Å². The third kappa shape index (κ3) is 4.63. The van der Waals surface area contributed by atoms with E-state index in [0.717, 1.165) is 0 Å². The van der Waals surface area contributed by atoms with Gasteiger partial charge in [-0.25, -0.2) is 0 Å². The maximum Gasteiger partial charge on any atom is 0.283 e. The topological polar surface area (TPSA) is 104 Å². The molecule has 3 rings (SSSR count). The summed E-state index contributed by atoms with van der Waals surface area (Å²) in [7, 11) is 4.48. The van der Waals surface area contributed by atoms with Crippen molar-refractivity contribution in [3.8, 4) is 28.7 Å². The maximum atomic E-state index is 12.3. The van der Waals surface area contributed by atoms with Crippen LogP contribution >= 0.6 is 0 Å². The zero-order valence-electron chi connectivity index (χ0n) is 16.3. The zero-order valence-corrected chi connectivity index (χ0v) is 16.3. The first-order valence-electron chi connectivity index (χ1n) is 8.81. The fourth-order valence-corrected chi connectivity index (χ4v) is 2.83. The molecule has 9 heteroatoms. The van der Waals surface area contributed by atoms with Crippen LogP contribution in [0.15, 0.2) is 36.4 Å². The first-order chi connectivity index (χ1) is 14.0. The number of carbonyl (C=O) groups excluding carboxylic acids is 2. The van der Waals surface area contributed by atoms with Crippen molar-refractivity contribution < 1.29 is 33.3 Å². The predicted octanol–water partition coefficient (Wildman–Crippen LogP) is 1.24. The van der Waals surface area contributed by atoms with Crippen molar-refractivity contribution in [1.29, 1.82) is 0 Å². The number of benzene rings is 2. The van der Waals surface area contributed by atoms with Crippen LogP contribution in [0, 0.1) is 0 Å². The summed E-state index contributed by atoms with van der Waals surface area (Å²) in [5.74, 6) is 1.41. The van der Waals surface area contributed by atoms with E-state index < -0.39 is 17.9 Å². The molecule has 2 N–H and O–H groups in total. The lowest BCUT2D eigenvalue weighted by molar-refractivity contribution is -0.134. The van der Waals surface area contributed by atoms with Gasteiger partial charge >= 0.3 is 0 Å². The Hall–Kier alpha value is -3.62. The molecule has 2 aromatic rings.